The van der Waals surface area contributed by atoms with Crippen molar-refractivity contribution in [1.29, 1.82) is 0 Å². The van der Waals surface area contributed by atoms with Gasteiger partial charge in [-0.25, -0.2) is 4.79 Å². The Kier molecular flexibility index (Phi) is 2.60. The Hall–Kier alpha value is -1.80. The van der Waals surface area contributed by atoms with E-state index < -0.39 is 0 Å². The monoisotopic (exact) mass is 245 g/mol. The molecule has 2 aliphatic carbocycles. The normalized spacial score (nSPS) is 19.8. The SMILES string of the molecule is COc1cc(C2(N=C=O)CC2)ccc1OC1CC1. The lowest BCUT2D eigenvalue weighted by Gasteiger charge is -2.14. The standard InChI is InChI=1S/C14H15NO3/c1-17-13-8-10(14(6-7-14)15-9-16)2-5-12(13)18-11-3-4-11/h2,5,8,11H,3-4,6-7H2,1H3. The molecule has 4 nitrogen and oxygen atoms in total. The summed E-state index contributed by atoms with van der Waals surface area (Å²) in [5.41, 5.74) is 0.651. The van der Waals surface area contributed by atoms with E-state index in [1.165, 1.54) is 0 Å². The van der Waals surface area contributed by atoms with Crippen molar-refractivity contribution in [3.05, 3.63) is 23.8 Å². The predicted molar refractivity (Wildman–Crippen MR) is 65.7 cm³/mol. The Morgan fingerprint density at radius 2 is 2.11 bits per heavy atom. The summed E-state index contributed by atoms with van der Waals surface area (Å²) in [5.74, 6) is 1.49. The molecule has 0 spiro atoms. The summed E-state index contributed by atoms with van der Waals surface area (Å²) in [4.78, 5) is 14.4. The van der Waals surface area contributed by atoms with Crippen LogP contribution in [0.1, 0.15) is 31.2 Å². The molecule has 1 aromatic carbocycles. The van der Waals surface area contributed by atoms with Gasteiger partial charge in [0.15, 0.2) is 11.5 Å². The zero-order chi connectivity index (χ0) is 12.6. The highest BCUT2D eigenvalue weighted by Gasteiger charge is 2.45. The number of nitrogens with zero attached hydrogens (tertiary/aromatic N) is 1. The van der Waals surface area contributed by atoms with E-state index in [-0.39, 0.29) is 5.54 Å². The second-order valence-corrected chi connectivity index (χ2v) is 4.92. The first-order valence-corrected chi connectivity index (χ1v) is 6.22. The minimum atomic E-state index is -0.354. The molecule has 0 aromatic heterocycles. The molecule has 94 valence electrons. The average Bonchev–Trinajstić information content (AvgIpc) is 3.26. The molecule has 0 atom stereocenters. The van der Waals surface area contributed by atoms with Gasteiger partial charge in [0.05, 0.1) is 18.8 Å². The molecule has 0 bridgehead atoms. The van der Waals surface area contributed by atoms with E-state index in [0.717, 1.165) is 37.0 Å². The van der Waals surface area contributed by atoms with E-state index >= 15 is 0 Å². The molecule has 1 aromatic rings. The third-order valence-corrected chi connectivity index (χ3v) is 3.50. The lowest BCUT2D eigenvalue weighted by atomic mass is 10.0. The van der Waals surface area contributed by atoms with Crippen LogP contribution in [0.3, 0.4) is 0 Å². The van der Waals surface area contributed by atoms with Gasteiger partial charge in [-0.3, -0.25) is 0 Å². The molecule has 0 saturated heterocycles. The summed E-state index contributed by atoms with van der Waals surface area (Å²) in [5, 5.41) is 0. The molecule has 2 saturated carbocycles. The second-order valence-electron chi connectivity index (χ2n) is 4.92. The highest BCUT2D eigenvalue weighted by Crippen LogP contribution is 2.50. The van der Waals surface area contributed by atoms with Gasteiger partial charge in [0.25, 0.3) is 0 Å². The molecular weight excluding hydrogens is 230 g/mol. The van der Waals surface area contributed by atoms with Crippen LogP contribution in [0, 0.1) is 0 Å². The van der Waals surface area contributed by atoms with Crippen molar-refractivity contribution in [1.82, 2.24) is 0 Å². The molecule has 2 aliphatic rings. The number of rotatable bonds is 5. The fourth-order valence-electron chi connectivity index (χ4n) is 2.09. The Morgan fingerprint density at radius 3 is 2.67 bits per heavy atom. The fourth-order valence-corrected chi connectivity index (χ4v) is 2.09. The van der Waals surface area contributed by atoms with Crippen molar-refractivity contribution in [3.63, 3.8) is 0 Å². The molecule has 0 amide bonds. The maximum atomic E-state index is 10.5. The van der Waals surface area contributed by atoms with Gasteiger partial charge < -0.3 is 9.47 Å². The van der Waals surface area contributed by atoms with Gasteiger partial charge >= 0.3 is 0 Å². The van der Waals surface area contributed by atoms with Crippen molar-refractivity contribution < 1.29 is 14.3 Å². The van der Waals surface area contributed by atoms with Crippen LogP contribution in [0.4, 0.5) is 0 Å². The Bertz CT molecular complexity index is 512. The van der Waals surface area contributed by atoms with Gasteiger partial charge in [-0.2, -0.15) is 4.99 Å². The summed E-state index contributed by atoms with van der Waals surface area (Å²) in [6.45, 7) is 0. The van der Waals surface area contributed by atoms with E-state index in [9.17, 15) is 4.79 Å². The van der Waals surface area contributed by atoms with E-state index in [4.69, 9.17) is 9.47 Å². The summed E-state index contributed by atoms with van der Waals surface area (Å²) in [6, 6.07) is 5.80. The van der Waals surface area contributed by atoms with Crippen molar-refractivity contribution in [2.45, 2.75) is 37.3 Å². The lowest BCUT2D eigenvalue weighted by Crippen LogP contribution is -2.04. The molecule has 0 heterocycles. The zero-order valence-corrected chi connectivity index (χ0v) is 10.3. The number of aliphatic imine (C=N–C) groups is 1. The van der Waals surface area contributed by atoms with Crippen molar-refractivity contribution in [2.24, 2.45) is 4.99 Å². The van der Waals surface area contributed by atoms with Crippen LogP contribution in [0.25, 0.3) is 0 Å². The van der Waals surface area contributed by atoms with Crippen LogP contribution in [-0.2, 0) is 10.3 Å². The quantitative estimate of drug-likeness (QED) is 0.591. The third kappa shape index (κ3) is 2.00. The number of methoxy groups -OCH3 is 1. The first-order chi connectivity index (χ1) is 8.77. The summed E-state index contributed by atoms with van der Waals surface area (Å²) in [6.07, 6.45) is 6.03. The van der Waals surface area contributed by atoms with E-state index in [1.54, 1.807) is 13.2 Å². The molecule has 2 fully saturated rings. The van der Waals surface area contributed by atoms with Crippen molar-refractivity contribution in [2.75, 3.05) is 7.11 Å². The van der Waals surface area contributed by atoms with E-state index in [0.29, 0.717) is 11.9 Å². The Balaban J connectivity index is 1.90. The molecule has 0 N–H and O–H groups in total. The first-order valence-electron chi connectivity index (χ1n) is 6.22. The van der Waals surface area contributed by atoms with Crippen LogP contribution in [0.15, 0.2) is 23.2 Å². The van der Waals surface area contributed by atoms with E-state index in [1.807, 2.05) is 18.2 Å². The highest BCUT2D eigenvalue weighted by molar-refractivity contribution is 5.49. The molecule has 0 unspecified atom stereocenters. The average molecular weight is 245 g/mol. The second kappa shape index (κ2) is 4.14. The topological polar surface area (TPSA) is 47.9 Å². The Labute approximate surface area is 106 Å². The maximum absolute atomic E-state index is 10.5. The zero-order valence-electron chi connectivity index (χ0n) is 10.3. The smallest absolute Gasteiger partial charge is 0.235 e. The predicted octanol–water partition coefficient (Wildman–Crippen LogP) is 2.56. The lowest BCUT2D eigenvalue weighted by molar-refractivity contribution is 0.282. The van der Waals surface area contributed by atoms with Crippen molar-refractivity contribution in [3.8, 4) is 11.5 Å². The van der Waals surface area contributed by atoms with Gasteiger partial charge in [-0.15, -0.1) is 0 Å². The molecule has 18 heavy (non-hydrogen) atoms. The van der Waals surface area contributed by atoms with Crippen LogP contribution in [0.2, 0.25) is 0 Å². The van der Waals surface area contributed by atoms with Crippen LogP contribution in [-0.4, -0.2) is 19.3 Å². The molecule has 3 rings (SSSR count). The minimum absolute atomic E-state index is 0.340. The van der Waals surface area contributed by atoms with Gasteiger partial charge in [-0.05, 0) is 43.4 Å². The molecule has 0 radical (unpaired) electrons. The first kappa shape index (κ1) is 11.3. The summed E-state index contributed by atoms with van der Waals surface area (Å²) >= 11 is 0. The number of benzene rings is 1. The fraction of sp³-hybridized carbons (Fsp3) is 0.500. The number of isocyanates is 1. The minimum Gasteiger partial charge on any atom is -0.493 e. The van der Waals surface area contributed by atoms with Gasteiger partial charge in [-0.1, -0.05) is 6.07 Å². The Morgan fingerprint density at radius 1 is 1.33 bits per heavy atom. The van der Waals surface area contributed by atoms with Gasteiger partial charge in [0.2, 0.25) is 6.08 Å². The molecule has 4 heteroatoms. The molecule has 0 aliphatic heterocycles. The summed E-state index contributed by atoms with van der Waals surface area (Å²) < 4.78 is 11.1. The number of ether oxygens (including phenoxy) is 2. The van der Waals surface area contributed by atoms with Gasteiger partial charge in [0, 0.05) is 0 Å². The largest absolute Gasteiger partial charge is 0.493 e. The maximum Gasteiger partial charge on any atom is 0.235 e. The number of carbonyl (C=O) groups excluding carboxylic acids is 1. The van der Waals surface area contributed by atoms with Crippen LogP contribution >= 0.6 is 0 Å². The van der Waals surface area contributed by atoms with Gasteiger partial charge in [0.1, 0.15) is 0 Å². The van der Waals surface area contributed by atoms with Crippen LogP contribution < -0.4 is 9.47 Å². The molecular formula is C14H15NO3. The third-order valence-electron chi connectivity index (χ3n) is 3.50. The van der Waals surface area contributed by atoms with Crippen LogP contribution in [0.5, 0.6) is 11.5 Å². The van der Waals surface area contributed by atoms with E-state index in [2.05, 4.69) is 4.99 Å². The summed E-state index contributed by atoms with van der Waals surface area (Å²) in [7, 11) is 1.63. The highest BCUT2D eigenvalue weighted by atomic mass is 16.5. The number of hydrogen-bond donors (Lipinski definition) is 0. The number of hydrogen-bond acceptors (Lipinski definition) is 4. The van der Waals surface area contributed by atoms with Crippen molar-refractivity contribution >= 4 is 6.08 Å².